The highest BCUT2D eigenvalue weighted by molar-refractivity contribution is 9.10. The van der Waals surface area contributed by atoms with Crippen molar-refractivity contribution < 1.29 is 4.79 Å². The molecule has 0 spiro atoms. The molecule has 1 N–H and O–H groups in total. The standard InChI is InChI=1S/C15H21BrClNO/c1-3-5-12(8-9-17)10-18-15(19)13-7-4-6-11(2)14(13)16/h4,6-7,12H,3,5,8-10H2,1-2H3,(H,18,19). The number of nitrogens with one attached hydrogen (secondary N) is 1. The molecule has 0 aliphatic heterocycles. The van der Waals surface area contributed by atoms with Gasteiger partial charge in [0.05, 0.1) is 5.56 Å². The Balaban J connectivity index is 2.61. The van der Waals surface area contributed by atoms with Gasteiger partial charge in [-0.3, -0.25) is 4.79 Å². The first-order valence-corrected chi connectivity index (χ1v) is 8.02. The van der Waals surface area contributed by atoms with E-state index in [4.69, 9.17) is 11.6 Å². The van der Waals surface area contributed by atoms with Crippen LogP contribution < -0.4 is 5.32 Å². The lowest BCUT2D eigenvalue weighted by molar-refractivity contribution is 0.0945. The molecule has 0 radical (unpaired) electrons. The fraction of sp³-hybridized carbons (Fsp3) is 0.533. The Bertz CT molecular complexity index is 417. The number of hydrogen-bond acceptors (Lipinski definition) is 1. The summed E-state index contributed by atoms with van der Waals surface area (Å²) in [6, 6.07) is 5.72. The fourth-order valence-electron chi connectivity index (χ4n) is 2.07. The van der Waals surface area contributed by atoms with Gasteiger partial charge in [0.2, 0.25) is 0 Å². The van der Waals surface area contributed by atoms with Gasteiger partial charge in [0.15, 0.2) is 0 Å². The molecule has 1 rings (SSSR count). The van der Waals surface area contributed by atoms with Gasteiger partial charge in [-0.2, -0.15) is 0 Å². The zero-order valence-corrected chi connectivity index (χ0v) is 13.9. The van der Waals surface area contributed by atoms with Gasteiger partial charge >= 0.3 is 0 Å². The summed E-state index contributed by atoms with van der Waals surface area (Å²) in [4.78, 5) is 12.2. The van der Waals surface area contributed by atoms with Crippen LogP contribution in [0.1, 0.15) is 42.1 Å². The lowest BCUT2D eigenvalue weighted by Crippen LogP contribution is -2.29. The van der Waals surface area contributed by atoms with E-state index in [0.717, 1.165) is 29.3 Å². The van der Waals surface area contributed by atoms with Gasteiger partial charge in [-0.25, -0.2) is 0 Å². The van der Waals surface area contributed by atoms with Gasteiger partial charge in [0.1, 0.15) is 0 Å². The number of alkyl halides is 1. The van der Waals surface area contributed by atoms with E-state index < -0.39 is 0 Å². The molecule has 0 saturated carbocycles. The number of rotatable bonds is 7. The molecule has 1 aromatic carbocycles. The predicted octanol–water partition coefficient (Wildman–Crippen LogP) is 4.53. The van der Waals surface area contributed by atoms with Crippen LogP contribution in [-0.4, -0.2) is 18.3 Å². The maximum atomic E-state index is 12.2. The summed E-state index contributed by atoms with van der Waals surface area (Å²) in [5.74, 6) is 1.09. The average molecular weight is 347 g/mol. The highest BCUT2D eigenvalue weighted by atomic mass is 79.9. The van der Waals surface area contributed by atoms with Crippen molar-refractivity contribution in [3.8, 4) is 0 Å². The molecular weight excluding hydrogens is 326 g/mol. The van der Waals surface area contributed by atoms with Gasteiger partial charge in [-0.1, -0.05) is 25.5 Å². The Labute approximate surface area is 129 Å². The van der Waals surface area contributed by atoms with E-state index in [0.29, 0.717) is 23.9 Å². The molecule has 0 saturated heterocycles. The van der Waals surface area contributed by atoms with Crippen LogP contribution in [0.2, 0.25) is 0 Å². The number of amides is 1. The number of hydrogen-bond donors (Lipinski definition) is 1. The third-order valence-electron chi connectivity index (χ3n) is 3.20. The van der Waals surface area contributed by atoms with Crippen LogP contribution >= 0.6 is 27.5 Å². The molecule has 1 unspecified atom stereocenters. The lowest BCUT2D eigenvalue weighted by Gasteiger charge is -2.16. The van der Waals surface area contributed by atoms with Gasteiger partial charge in [0.25, 0.3) is 5.91 Å². The summed E-state index contributed by atoms with van der Waals surface area (Å²) in [6.45, 7) is 4.83. The van der Waals surface area contributed by atoms with E-state index in [1.807, 2.05) is 25.1 Å². The maximum absolute atomic E-state index is 12.2. The Hall–Kier alpha value is -0.540. The van der Waals surface area contributed by atoms with Crippen LogP contribution in [-0.2, 0) is 0 Å². The van der Waals surface area contributed by atoms with Crippen molar-refractivity contribution in [2.75, 3.05) is 12.4 Å². The molecule has 1 atom stereocenters. The first-order chi connectivity index (χ1) is 9.10. The molecule has 0 aromatic heterocycles. The molecule has 1 aromatic rings. The van der Waals surface area contributed by atoms with Gasteiger partial charge in [-0.05, 0) is 53.2 Å². The molecular formula is C15H21BrClNO. The minimum absolute atomic E-state index is 0.0220. The summed E-state index contributed by atoms with van der Waals surface area (Å²) in [5.41, 5.74) is 1.76. The SMILES string of the molecule is CCCC(CCCl)CNC(=O)c1cccc(C)c1Br. The predicted molar refractivity (Wildman–Crippen MR) is 84.9 cm³/mol. The molecule has 19 heavy (non-hydrogen) atoms. The molecule has 0 fully saturated rings. The van der Waals surface area contributed by atoms with Crippen molar-refractivity contribution in [2.24, 2.45) is 5.92 Å². The van der Waals surface area contributed by atoms with Crippen molar-refractivity contribution in [2.45, 2.75) is 33.1 Å². The van der Waals surface area contributed by atoms with Gasteiger partial charge in [-0.15, -0.1) is 11.6 Å². The number of carbonyl (C=O) groups is 1. The molecule has 106 valence electrons. The zero-order valence-electron chi connectivity index (χ0n) is 11.5. The van der Waals surface area contributed by atoms with E-state index in [1.165, 1.54) is 0 Å². The lowest BCUT2D eigenvalue weighted by atomic mass is 10.0. The van der Waals surface area contributed by atoms with Crippen molar-refractivity contribution in [3.63, 3.8) is 0 Å². The second kappa shape index (κ2) is 8.60. The topological polar surface area (TPSA) is 29.1 Å². The van der Waals surface area contributed by atoms with Crippen LogP contribution in [0.5, 0.6) is 0 Å². The molecule has 2 nitrogen and oxygen atoms in total. The number of halogens is 2. The van der Waals surface area contributed by atoms with Gasteiger partial charge in [0, 0.05) is 16.9 Å². The van der Waals surface area contributed by atoms with E-state index in [-0.39, 0.29) is 5.91 Å². The third kappa shape index (κ3) is 5.15. The minimum atomic E-state index is -0.0220. The smallest absolute Gasteiger partial charge is 0.252 e. The second-order valence-corrected chi connectivity index (χ2v) is 5.95. The third-order valence-corrected chi connectivity index (χ3v) is 4.47. The molecule has 0 aliphatic rings. The summed E-state index contributed by atoms with van der Waals surface area (Å²) >= 11 is 9.26. The first kappa shape index (κ1) is 16.5. The van der Waals surface area contributed by atoms with Crippen molar-refractivity contribution in [1.82, 2.24) is 5.32 Å². The van der Waals surface area contributed by atoms with Crippen LogP contribution in [0.4, 0.5) is 0 Å². The fourth-order valence-corrected chi connectivity index (χ4v) is 2.82. The van der Waals surface area contributed by atoms with Crippen molar-refractivity contribution in [3.05, 3.63) is 33.8 Å². The number of benzene rings is 1. The van der Waals surface area contributed by atoms with E-state index in [9.17, 15) is 4.79 Å². The number of carbonyl (C=O) groups excluding carboxylic acids is 1. The Kier molecular flexibility index (Phi) is 7.47. The molecule has 0 heterocycles. The molecule has 1 amide bonds. The largest absolute Gasteiger partial charge is 0.352 e. The Morgan fingerprint density at radius 1 is 1.42 bits per heavy atom. The summed E-state index contributed by atoms with van der Waals surface area (Å²) in [7, 11) is 0. The van der Waals surface area contributed by atoms with Crippen LogP contribution in [0.3, 0.4) is 0 Å². The molecule has 0 aliphatic carbocycles. The normalized spacial score (nSPS) is 12.2. The monoisotopic (exact) mass is 345 g/mol. The quantitative estimate of drug-likeness (QED) is 0.722. The first-order valence-electron chi connectivity index (χ1n) is 6.69. The van der Waals surface area contributed by atoms with Crippen LogP contribution in [0, 0.1) is 12.8 Å². The van der Waals surface area contributed by atoms with E-state index >= 15 is 0 Å². The van der Waals surface area contributed by atoms with Gasteiger partial charge < -0.3 is 5.32 Å². The molecule has 4 heteroatoms. The second-order valence-electron chi connectivity index (χ2n) is 4.78. The van der Waals surface area contributed by atoms with E-state index in [1.54, 1.807) is 0 Å². The molecule has 0 bridgehead atoms. The van der Waals surface area contributed by atoms with Crippen LogP contribution in [0.25, 0.3) is 0 Å². The Morgan fingerprint density at radius 3 is 2.79 bits per heavy atom. The Morgan fingerprint density at radius 2 is 2.16 bits per heavy atom. The number of aryl methyl sites for hydroxylation is 1. The average Bonchev–Trinajstić information content (AvgIpc) is 2.39. The summed E-state index contributed by atoms with van der Waals surface area (Å²) in [6.07, 6.45) is 3.16. The summed E-state index contributed by atoms with van der Waals surface area (Å²) in [5, 5.41) is 3.01. The van der Waals surface area contributed by atoms with E-state index in [2.05, 4.69) is 28.2 Å². The highest BCUT2D eigenvalue weighted by Gasteiger charge is 2.13. The highest BCUT2D eigenvalue weighted by Crippen LogP contribution is 2.21. The van der Waals surface area contributed by atoms with Crippen molar-refractivity contribution >= 4 is 33.4 Å². The van der Waals surface area contributed by atoms with Crippen LogP contribution in [0.15, 0.2) is 22.7 Å². The van der Waals surface area contributed by atoms with Crippen molar-refractivity contribution in [1.29, 1.82) is 0 Å². The summed E-state index contributed by atoms with van der Waals surface area (Å²) < 4.78 is 0.872. The maximum Gasteiger partial charge on any atom is 0.252 e. The zero-order chi connectivity index (χ0) is 14.3. The minimum Gasteiger partial charge on any atom is -0.352 e.